The zero-order chi connectivity index (χ0) is 14.2. The third-order valence-corrected chi connectivity index (χ3v) is 3.98. The Kier molecular flexibility index (Phi) is 6.43. The molecule has 1 aliphatic heterocycles. The van der Waals surface area contributed by atoms with Gasteiger partial charge in [0.05, 0.1) is 6.61 Å². The van der Waals surface area contributed by atoms with Crippen molar-refractivity contribution in [3.8, 4) is 0 Å². The molecule has 0 aliphatic carbocycles. The average Bonchev–Trinajstić information content (AvgIpc) is 3.00. The summed E-state index contributed by atoms with van der Waals surface area (Å²) in [5, 5.41) is 3.62. The average molecular weight is 277 g/mol. The second-order valence-electron chi connectivity index (χ2n) is 5.62. The van der Waals surface area contributed by atoms with Crippen LogP contribution in [0.15, 0.2) is 24.4 Å². The van der Waals surface area contributed by atoms with Gasteiger partial charge in [0.25, 0.3) is 0 Å². The molecule has 2 heterocycles. The summed E-state index contributed by atoms with van der Waals surface area (Å²) in [6.45, 7) is 7.16. The Labute approximate surface area is 122 Å². The first-order valence-electron chi connectivity index (χ1n) is 7.69. The van der Waals surface area contributed by atoms with Gasteiger partial charge >= 0.3 is 0 Å². The summed E-state index contributed by atoms with van der Waals surface area (Å²) >= 11 is 0. The normalized spacial score (nSPS) is 20.4. The van der Waals surface area contributed by atoms with Crippen LogP contribution in [0, 0.1) is 5.92 Å². The highest BCUT2D eigenvalue weighted by molar-refractivity contribution is 5.03. The highest BCUT2D eigenvalue weighted by Gasteiger charge is 2.25. The van der Waals surface area contributed by atoms with Gasteiger partial charge in [-0.2, -0.15) is 0 Å². The highest BCUT2D eigenvalue weighted by Crippen LogP contribution is 2.17. The second kappa shape index (κ2) is 8.35. The fourth-order valence-corrected chi connectivity index (χ4v) is 2.79. The number of ether oxygens (including phenoxy) is 1. The summed E-state index contributed by atoms with van der Waals surface area (Å²) in [7, 11) is 2.20. The molecular weight excluding hydrogens is 250 g/mol. The Morgan fingerprint density at radius 1 is 1.50 bits per heavy atom. The van der Waals surface area contributed by atoms with E-state index in [-0.39, 0.29) is 0 Å². The van der Waals surface area contributed by atoms with Gasteiger partial charge in [0.15, 0.2) is 0 Å². The van der Waals surface area contributed by atoms with Crippen molar-refractivity contribution in [1.29, 1.82) is 0 Å². The molecule has 1 aromatic rings. The molecule has 0 bridgehead atoms. The largest absolute Gasteiger partial charge is 0.381 e. The Balaban J connectivity index is 1.77. The van der Waals surface area contributed by atoms with Gasteiger partial charge in [-0.15, -0.1) is 0 Å². The van der Waals surface area contributed by atoms with Crippen molar-refractivity contribution >= 4 is 0 Å². The number of nitrogens with one attached hydrogen (secondary N) is 1. The topological polar surface area (TPSA) is 37.4 Å². The van der Waals surface area contributed by atoms with Crippen molar-refractivity contribution in [2.75, 3.05) is 39.9 Å². The van der Waals surface area contributed by atoms with Crippen molar-refractivity contribution in [3.05, 3.63) is 30.1 Å². The molecule has 1 aromatic heterocycles. The Hall–Kier alpha value is -0.970. The summed E-state index contributed by atoms with van der Waals surface area (Å²) in [4.78, 5) is 6.78. The lowest BCUT2D eigenvalue weighted by atomic mass is 9.98. The minimum absolute atomic E-state index is 0.538. The summed E-state index contributed by atoms with van der Waals surface area (Å²) < 4.78 is 5.53. The van der Waals surface area contributed by atoms with E-state index in [0.29, 0.717) is 12.0 Å². The van der Waals surface area contributed by atoms with Crippen LogP contribution in [-0.2, 0) is 11.2 Å². The van der Waals surface area contributed by atoms with Crippen LogP contribution in [0.5, 0.6) is 0 Å². The highest BCUT2D eigenvalue weighted by atomic mass is 16.5. The first-order chi connectivity index (χ1) is 9.79. The summed E-state index contributed by atoms with van der Waals surface area (Å²) in [6.07, 6.45) is 4.07. The Morgan fingerprint density at radius 3 is 3.05 bits per heavy atom. The van der Waals surface area contributed by atoms with Crippen molar-refractivity contribution in [1.82, 2.24) is 15.2 Å². The number of hydrogen-bond donors (Lipinski definition) is 1. The third kappa shape index (κ3) is 4.85. The van der Waals surface area contributed by atoms with Gasteiger partial charge in [-0.3, -0.25) is 4.98 Å². The van der Waals surface area contributed by atoms with E-state index in [1.165, 1.54) is 12.1 Å². The van der Waals surface area contributed by atoms with Gasteiger partial charge < -0.3 is 15.0 Å². The first kappa shape index (κ1) is 15.4. The van der Waals surface area contributed by atoms with Crippen LogP contribution in [0.1, 0.15) is 19.0 Å². The maximum absolute atomic E-state index is 5.53. The number of likely N-dealkylation sites (N-methyl/N-ethyl adjacent to an activating group) is 2. The van der Waals surface area contributed by atoms with Crippen LogP contribution in [0.4, 0.5) is 0 Å². The molecule has 0 radical (unpaired) electrons. The van der Waals surface area contributed by atoms with E-state index in [9.17, 15) is 0 Å². The fourth-order valence-electron chi connectivity index (χ4n) is 2.79. The fraction of sp³-hybridized carbons (Fsp3) is 0.688. The minimum Gasteiger partial charge on any atom is -0.381 e. The van der Waals surface area contributed by atoms with Crippen LogP contribution in [0.3, 0.4) is 0 Å². The predicted octanol–water partition coefficient (Wildman–Crippen LogP) is 1.57. The molecule has 0 aromatic carbocycles. The standard InChI is InChI=1S/C16H27N3O/c1-3-17-16(14-8-11-20-13-14)12-19(2)10-7-15-6-4-5-9-18-15/h4-6,9,14,16-17H,3,7-8,10-13H2,1-2H3. The van der Waals surface area contributed by atoms with Crippen LogP contribution >= 0.6 is 0 Å². The Bertz CT molecular complexity index is 365. The van der Waals surface area contributed by atoms with Crippen LogP contribution in [0.2, 0.25) is 0 Å². The summed E-state index contributed by atoms with van der Waals surface area (Å²) in [5.74, 6) is 0.659. The van der Waals surface area contributed by atoms with E-state index >= 15 is 0 Å². The number of pyridine rings is 1. The lowest BCUT2D eigenvalue weighted by Crippen LogP contribution is -2.45. The molecule has 1 fully saturated rings. The van der Waals surface area contributed by atoms with Crippen molar-refractivity contribution in [2.24, 2.45) is 5.92 Å². The van der Waals surface area contributed by atoms with E-state index in [2.05, 4.69) is 41.3 Å². The van der Waals surface area contributed by atoms with Gasteiger partial charge in [-0.05, 0) is 32.1 Å². The quantitative estimate of drug-likeness (QED) is 0.783. The van der Waals surface area contributed by atoms with Gasteiger partial charge in [0.1, 0.15) is 0 Å². The molecular formula is C16H27N3O. The lowest BCUT2D eigenvalue weighted by molar-refractivity contribution is 0.167. The van der Waals surface area contributed by atoms with E-state index in [0.717, 1.165) is 39.3 Å². The maximum atomic E-state index is 5.53. The SMILES string of the molecule is CCNC(CN(C)CCc1ccccn1)C1CCOC1. The van der Waals surface area contributed by atoms with Gasteiger partial charge in [0, 0.05) is 50.0 Å². The predicted molar refractivity (Wildman–Crippen MR) is 81.8 cm³/mol. The smallest absolute Gasteiger partial charge is 0.0510 e. The van der Waals surface area contributed by atoms with Crippen molar-refractivity contribution in [3.63, 3.8) is 0 Å². The zero-order valence-electron chi connectivity index (χ0n) is 12.7. The molecule has 4 heteroatoms. The first-order valence-corrected chi connectivity index (χ1v) is 7.69. The lowest BCUT2D eigenvalue weighted by Gasteiger charge is -2.28. The van der Waals surface area contributed by atoms with E-state index in [4.69, 9.17) is 4.74 Å². The Morgan fingerprint density at radius 2 is 2.40 bits per heavy atom. The minimum atomic E-state index is 0.538. The molecule has 2 unspecified atom stereocenters. The molecule has 2 atom stereocenters. The summed E-state index contributed by atoms with van der Waals surface area (Å²) in [6, 6.07) is 6.66. The number of hydrogen-bond acceptors (Lipinski definition) is 4. The van der Waals surface area contributed by atoms with Crippen molar-refractivity contribution < 1.29 is 4.74 Å². The molecule has 112 valence electrons. The molecule has 4 nitrogen and oxygen atoms in total. The third-order valence-electron chi connectivity index (χ3n) is 3.98. The summed E-state index contributed by atoms with van der Waals surface area (Å²) in [5.41, 5.74) is 1.17. The van der Waals surface area contributed by atoms with Gasteiger partial charge in [-0.25, -0.2) is 0 Å². The molecule has 0 saturated carbocycles. The number of rotatable bonds is 8. The second-order valence-corrected chi connectivity index (χ2v) is 5.62. The van der Waals surface area contributed by atoms with Gasteiger partial charge in [0.2, 0.25) is 0 Å². The van der Waals surface area contributed by atoms with E-state index in [1.807, 2.05) is 12.3 Å². The molecule has 2 rings (SSSR count). The number of aromatic nitrogens is 1. The van der Waals surface area contributed by atoms with Crippen LogP contribution in [0.25, 0.3) is 0 Å². The van der Waals surface area contributed by atoms with E-state index < -0.39 is 0 Å². The van der Waals surface area contributed by atoms with Crippen LogP contribution < -0.4 is 5.32 Å². The molecule has 0 spiro atoms. The molecule has 1 aliphatic rings. The number of nitrogens with zero attached hydrogens (tertiary/aromatic N) is 2. The maximum Gasteiger partial charge on any atom is 0.0510 e. The monoisotopic (exact) mass is 277 g/mol. The molecule has 1 saturated heterocycles. The molecule has 20 heavy (non-hydrogen) atoms. The zero-order valence-corrected chi connectivity index (χ0v) is 12.7. The molecule has 0 amide bonds. The van der Waals surface area contributed by atoms with E-state index in [1.54, 1.807) is 0 Å². The molecule has 1 N–H and O–H groups in total. The van der Waals surface area contributed by atoms with Crippen LogP contribution in [-0.4, -0.2) is 55.8 Å². The van der Waals surface area contributed by atoms with Gasteiger partial charge in [-0.1, -0.05) is 13.0 Å². The van der Waals surface area contributed by atoms with Crippen molar-refractivity contribution in [2.45, 2.75) is 25.8 Å².